The highest BCUT2D eigenvalue weighted by molar-refractivity contribution is 5.44. The van der Waals surface area contributed by atoms with Crippen LogP contribution in [0.3, 0.4) is 0 Å². The number of nitrogens with zero attached hydrogens (tertiary/aromatic N) is 6. The van der Waals surface area contributed by atoms with Gasteiger partial charge in [-0.3, -0.25) is 4.98 Å². The molecule has 0 spiro atoms. The highest BCUT2D eigenvalue weighted by atomic mass is 16.5. The van der Waals surface area contributed by atoms with Crippen LogP contribution < -0.4 is 9.80 Å². The molecule has 0 amide bonds. The molecule has 0 saturated carbocycles. The summed E-state index contributed by atoms with van der Waals surface area (Å²) in [7, 11) is 2.17. The second kappa shape index (κ2) is 9.30. The molecule has 1 unspecified atom stereocenters. The number of morpholine rings is 1. The number of ether oxygens (including phenoxy) is 1. The molecule has 28 heavy (non-hydrogen) atoms. The third kappa shape index (κ3) is 4.77. The second-order valence-corrected chi connectivity index (χ2v) is 7.59. The number of aromatic nitrogens is 3. The summed E-state index contributed by atoms with van der Waals surface area (Å²) in [6.45, 7) is 6.51. The minimum absolute atomic E-state index is 0.477. The summed E-state index contributed by atoms with van der Waals surface area (Å²) >= 11 is 0. The molecule has 2 aliphatic heterocycles. The van der Waals surface area contributed by atoms with Crippen LogP contribution in [0.1, 0.15) is 18.5 Å². The quantitative estimate of drug-likeness (QED) is 0.756. The monoisotopic (exact) mass is 382 g/mol. The first-order valence-corrected chi connectivity index (χ1v) is 10.3. The summed E-state index contributed by atoms with van der Waals surface area (Å²) in [6.07, 6.45) is 7.19. The molecule has 2 saturated heterocycles. The average Bonchev–Trinajstić information content (AvgIpc) is 2.79. The van der Waals surface area contributed by atoms with Gasteiger partial charge in [-0.1, -0.05) is 6.07 Å². The molecule has 7 nitrogen and oxygen atoms in total. The Morgan fingerprint density at radius 1 is 1.11 bits per heavy atom. The Kier molecular flexibility index (Phi) is 6.34. The topological polar surface area (TPSA) is 57.6 Å². The predicted molar refractivity (Wildman–Crippen MR) is 111 cm³/mol. The zero-order valence-electron chi connectivity index (χ0n) is 16.7. The number of piperidine rings is 1. The molecule has 2 aromatic heterocycles. The van der Waals surface area contributed by atoms with E-state index in [9.17, 15) is 0 Å². The third-order valence-corrected chi connectivity index (χ3v) is 5.72. The van der Waals surface area contributed by atoms with Crippen LogP contribution in [0.5, 0.6) is 0 Å². The molecule has 4 rings (SSSR count). The maximum Gasteiger partial charge on any atom is 0.227 e. The summed E-state index contributed by atoms with van der Waals surface area (Å²) in [6, 6.07) is 8.65. The lowest BCUT2D eigenvalue weighted by Gasteiger charge is -2.38. The van der Waals surface area contributed by atoms with Gasteiger partial charge in [0, 0.05) is 63.8 Å². The summed E-state index contributed by atoms with van der Waals surface area (Å²) in [5.74, 6) is 1.82. The van der Waals surface area contributed by atoms with Crippen molar-refractivity contribution in [3.05, 3.63) is 42.4 Å². The second-order valence-electron chi connectivity index (χ2n) is 7.59. The lowest BCUT2D eigenvalue weighted by molar-refractivity contribution is 0.122. The van der Waals surface area contributed by atoms with Crippen LogP contribution in [0.25, 0.3) is 0 Å². The number of likely N-dealkylation sites (N-methyl/N-ethyl adjacent to an activating group) is 1. The van der Waals surface area contributed by atoms with Gasteiger partial charge in [-0.25, -0.2) is 4.98 Å². The molecule has 0 aromatic carbocycles. The Hall–Kier alpha value is -2.25. The lowest BCUT2D eigenvalue weighted by Crippen LogP contribution is -2.47. The Balaban J connectivity index is 1.36. The van der Waals surface area contributed by atoms with Crippen molar-refractivity contribution < 1.29 is 4.74 Å². The van der Waals surface area contributed by atoms with Crippen LogP contribution in [0.4, 0.5) is 11.8 Å². The van der Waals surface area contributed by atoms with E-state index in [4.69, 9.17) is 9.72 Å². The van der Waals surface area contributed by atoms with Gasteiger partial charge in [0.05, 0.1) is 13.2 Å². The molecule has 0 N–H and O–H groups in total. The van der Waals surface area contributed by atoms with Gasteiger partial charge in [-0.15, -0.1) is 0 Å². The molecule has 2 fully saturated rings. The normalized spacial score (nSPS) is 20.9. The minimum Gasteiger partial charge on any atom is -0.378 e. The number of pyridine rings is 1. The number of hydrogen-bond acceptors (Lipinski definition) is 7. The van der Waals surface area contributed by atoms with Crippen molar-refractivity contribution in [3.63, 3.8) is 0 Å². The van der Waals surface area contributed by atoms with E-state index in [0.29, 0.717) is 6.04 Å². The van der Waals surface area contributed by atoms with Crippen LogP contribution >= 0.6 is 0 Å². The first kappa shape index (κ1) is 19.1. The van der Waals surface area contributed by atoms with Crippen LogP contribution in [-0.4, -0.2) is 78.9 Å². The highest BCUT2D eigenvalue weighted by Crippen LogP contribution is 2.22. The van der Waals surface area contributed by atoms with Crippen LogP contribution in [-0.2, 0) is 11.2 Å². The maximum absolute atomic E-state index is 5.44. The van der Waals surface area contributed by atoms with Gasteiger partial charge in [-0.2, -0.15) is 4.98 Å². The zero-order valence-corrected chi connectivity index (χ0v) is 16.7. The van der Waals surface area contributed by atoms with E-state index in [0.717, 1.165) is 57.6 Å². The fourth-order valence-corrected chi connectivity index (χ4v) is 4.01. The van der Waals surface area contributed by atoms with E-state index in [-0.39, 0.29) is 0 Å². The van der Waals surface area contributed by atoms with E-state index < -0.39 is 0 Å². The lowest BCUT2D eigenvalue weighted by atomic mass is 10.0. The Morgan fingerprint density at radius 3 is 2.82 bits per heavy atom. The van der Waals surface area contributed by atoms with E-state index in [1.54, 1.807) is 0 Å². The molecule has 1 atom stereocenters. The van der Waals surface area contributed by atoms with Gasteiger partial charge >= 0.3 is 0 Å². The molecule has 0 radical (unpaired) electrons. The fourth-order valence-electron chi connectivity index (χ4n) is 4.01. The summed E-state index contributed by atoms with van der Waals surface area (Å²) in [5.41, 5.74) is 1.17. The molecular weight excluding hydrogens is 352 g/mol. The maximum atomic E-state index is 5.44. The van der Waals surface area contributed by atoms with Crippen molar-refractivity contribution in [2.45, 2.75) is 25.3 Å². The average molecular weight is 383 g/mol. The van der Waals surface area contributed by atoms with Gasteiger partial charge in [-0.05, 0) is 37.6 Å². The van der Waals surface area contributed by atoms with E-state index in [1.807, 2.05) is 24.5 Å². The SMILES string of the molecule is CN(c1ccnc(N2CCOCC2)n1)C1CCCN(CCc2ccccn2)C1. The van der Waals surface area contributed by atoms with Gasteiger partial charge < -0.3 is 19.4 Å². The first-order chi connectivity index (χ1) is 13.8. The van der Waals surface area contributed by atoms with Crippen molar-refractivity contribution in [3.8, 4) is 0 Å². The molecule has 0 bridgehead atoms. The van der Waals surface area contributed by atoms with E-state index >= 15 is 0 Å². The third-order valence-electron chi connectivity index (χ3n) is 5.72. The molecule has 2 aromatic rings. The van der Waals surface area contributed by atoms with E-state index in [1.165, 1.54) is 25.1 Å². The zero-order chi connectivity index (χ0) is 19.2. The van der Waals surface area contributed by atoms with Crippen molar-refractivity contribution in [1.29, 1.82) is 0 Å². The molecule has 150 valence electrons. The Morgan fingerprint density at radius 2 is 2.00 bits per heavy atom. The van der Waals surface area contributed by atoms with Crippen LogP contribution in [0.15, 0.2) is 36.7 Å². The minimum atomic E-state index is 0.477. The van der Waals surface area contributed by atoms with Gasteiger partial charge in [0.15, 0.2) is 0 Å². The number of likely N-dealkylation sites (tertiary alicyclic amines) is 1. The number of anilines is 2. The molecular formula is C21H30N6O. The smallest absolute Gasteiger partial charge is 0.227 e. The van der Waals surface area contributed by atoms with Gasteiger partial charge in [0.25, 0.3) is 0 Å². The molecule has 0 aliphatic carbocycles. The Bertz CT molecular complexity index is 737. The summed E-state index contributed by atoms with van der Waals surface area (Å²) < 4.78 is 5.44. The Labute approximate surface area is 167 Å². The molecule has 4 heterocycles. The van der Waals surface area contributed by atoms with Crippen LogP contribution in [0.2, 0.25) is 0 Å². The van der Waals surface area contributed by atoms with Gasteiger partial charge in [0.1, 0.15) is 5.82 Å². The van der Waals surface area contributed by atoms with Crippen molar-refractivity contribution in [2.24, 2.45) is 0 Å². The fraction of sp³-hybridized carbons (Fsp3) is 0.571. The number of rotatable bonds is 6. The molecule has 2 aliphatic rings. The van der Waals surface area contributed by atoms with Crippen molar-refractivity contribution >= 4 is 11.8 Å². The van der Waals surface area contributed by atoms with E-state index in [2.05, 4.69) is 43.8 Å². The van der Waals surface area contributed by atoms with Gasteiger partial charge in [0.2, 0.25) is 5.95 Å². The standard InChI is InChI=1S/C21H30N6O/c1-25(20-7-10-23-21(24-20)27-13-15-28-16-14-27)19-6-4-11-26(17-19)12-8-18-5-2-3-9-22-18/h2-3,5,7,9-10,19H,4,6,8,11-17H2,1H3. The summed E-state index contributed by atoms with van der Waals surface area (Å²) in [5, 5.41) is 0. The largest absolute Gasteiger partial charge is 0.378 e. The highest BCUT2D eigenvalue weighted by Gasteiger charge is 2.24. The number of hydrogen-bond donors (Lipinski definition) is 0. The first-order valence-electron chi connectivity index (χ1n) is 10.3. The summed E-state index contributed by atoms with van der Waals surface area (Å²) in [4.78, 5) is 20.9. The van der Waals surface area contributed by atoms with Crippen molar-refractivity contribution in [1.82, 2.24) is 19.9 Å². The predicted octanol–water partition coefficient (Wildman–Crippen LogP) is 1.85. The van der Waals surface area contributed by atoms with Crippen LogP contribution in [0, 0.1) is 0 Å². The molecule has 7 heteroatoms. The van der Waals surface area contributed by atoms with Crippen molar-refractivity contribution in [2.75, 3.05) is 62.8 Å².